The molecule has 0 radical (unpaired) electrons. The Kier molecular flexibility index (Phi) is 7.10. The number of benzene rings is 1. The summed E-state index contributed by atoms with van der Waals surface area (Å²) in [5, 5.41) is -0.128. The third kappa shape index (κ3) is 6.12. The van der Waals surface area contributed by atoms with Gasteiger partial charge in [-0.05, 0) is 45.0 Å². The molecule has 0 unspecified atom stereocenters. The van der Waals surface area contributed by atoms with Crippen LogP contribution < -0.4 is 9.64 Å². The summed E-state index contributed by atoms with van der Waals surface area (Å²) in [6, 6.07) is 4.99. The van der Waals surface area contributed by atoms with Crippen LogP contribution in [0.5, 0.6) is 5.75 Å². The Hall–Kier alpha value is -2.53. The van der Waals surface area contributed by atoms with Crippen LogP contribution in [-0.2, 0) is 16.0 Å². The van der Waals surface area contributed by atoms with Crippen molar-refractivity contribution >= 4 is 33.2 Å². The largest absolute Gasteiger partial charge is 0.487 e. The van der Waals surface area contributed by atoms with Crippen LogP contribution in [0.15, 0.2) is 35.4 Å². The highest BCUT2D eigenvalue weighted by Gasteiger charge is 2.33. The highest BCUT2D eigenvalue weighted by atomic mass is 35.5. The van der Waals surface area contributed by atoms with Crippen LogP contribution in [0.4, 0.5) is 19.0 Å². The third-order valence-corrected chi connectivity index (χ3v) is 6.43. The SMILES string of the molecule is CC(C)(C)Oc1ccc(S(C)(=O)=O)cc1C(=O)N1CCN(c2ncc(C(F)(F)F)cc2Cl)CC1. The average molecular weight is 520 g/mol. The number of pyridine rings is 1. The molecule has 1 saturated heterocycles. The second-order valence-corrected chi connectivity index (χ2v) is 11.4. The summed E-state index contributed by atoms with van der Waals surface area (Å²) < 4.78 is 68.6. The summed E-state index contributed by atoms with van der Waals surface area (Å²) >= 11 is 6.05. The second kappa shape index (κ2) is 9.26. The highest BCUT2D eigenvalue weighted by Crippen LogP contribution is 2.34. The quantitative estimate of drug-likeness (QED) is 0.599. The molecule has 0 N–H and O–H groups in total. The van der Waals surface area contributed by atoms with E-state index in [1.54, 1.807) is 4.90 Å². The van der Waals surface area contributed by atoms with Gasteiger partial charge >= 0.3 is 6.18 Å². The van der Waals surface area contributed by atoms with E-state index in [0.29, 0.717) is 0 Å². The van der Waals surface area contributed by atoms with Crippen LogP contribution in [0, 0.1) is 0 Å². The number of alkyl halides is 3. The van der Waals surface area contributed by atoms with E-state index >= 15 is 0 Å². The van der Waals surface area contributed by atoms with E-state index in [9.17, 15) is 26.4 Å². The van der Waals surface area contributed by atoms with E-state index in [4.69, 9.17) is 16.3 Å². The van der Waals surface area contributed by atoms with Crippen molar-refractivity contribution in [3.8, 4) is 5.75 Å². The number of sulfone groups is 1. The minimum Gasteiger partial charge on any atom is -0.487 e. The maximum atomic E-state index is 13.3. The zero-order chi connectivity index (χ0) is 25.5. The number of amides is 1. The van der Waals surface area contributed by atoms with E-state index in [1.807, 2.05) is 20.8 Å². The van der Waals surface area contributed by atoms with E-state index in [-0.39, 0.29) is 53.2 Å². The van der Waals surface area contributed by atoms with Gasteiger partial charge in [0.05, 0.1) is 21.0 Å². The van der Waals surface area contributed by atoms with E-state index < -0.39 is 33.1 Å². The topological polar surface area (TPSA) is 79.8 Å². The first-order valence-corrected chi connectivity index (χ1v) is 12.6. The van der Waals surface area contributed by atoms with Gasteiger partial charge in [-0.25, -0.2) is 13.4 Å². The Balaban J connectivity index is 1.81. The summed E-state index contributed by atoms with van der Waals surface area (Å²) in [4.78, 5) is 20.4. The lowest BCUT2D eigenvalue weighted by molar-refractivity contribution is -0.137. The van der Waals surface area contributed by atoms with Crippen molar-refractivity contribution in [2.75, 3.05) is 37.3 Å². The molecule has 2 aromatic rings. The number of hydrogen-bond donors (Lipinski definition) is 0. The molecule has 1 aliphatic rings. The van der Waals surface area contributed by atoms with Crippen molar-refractivity contribution in [3.05, 3.63) is 46.6 Å². The van der Waals surface area contributed by atoms with Gasteiger partial charge in [0.15, 0.2) is 9.84 Å². The molecule has 34 heavy (non-hydrogen) atoms. The van der Waals surface area contributed by atoms with Crippen LogP contribution in [0.2, 0.25) is 5.02 Å². The minimum absolute atomic E-state index is 0.00326. The molecule has 1 amide bonds. The summed E-state index contributed by atoms with van der Waals surface area (Å²) in [5.74, 6) is 0.0632. The number of piperazine rings is 1. The molecular formula is C22H25ClF3N3O4S. The summed E-state index contributed by atoms with van der Waals surface area (Å²) in [6.45, 7) is 6.46. The van der Waals surface area contributed by atoms with Crippen molar-refractivity contribution in [1.82, 2.24) is 9.88 Å². The molecule has 7 nitrogen and oxygen atoms in total. The van der Waals surface area contributed by atoms with E-state index in [0.717, 1.165) is 18.5 Å². The zero-order valence-electron chi connectivity index (χ0n) is 19.1. The van der Waals surface area contributed by atoms with Crippen LogP contribution in [0.3, 0.4) is 0 Å². The molecule has 186 valence electrons. The fourth-order valence-corrected chi connectivity index (χ4v) is 4.37. The van der Waals surface area contributed by atoms with Gasteiger partial charge in [0.2, 0.25) is 0 Å². The number of ether oxygens (including phenoxy) is 1. The van der Waals surface area contributed by atoms with Gasteiger partial charge in [0.1, 0.15) is 17.2 Å². The Morgan fingerprint density at radius 1 is 1.09 bits per heavy atom. The molecule has 0 atom stereocenters. The second-order valence-electron chi connectivity index (χ2n) is 8.95. The number of rotatable bonds is 4. The van der Waals surface area contributed by atoms with Gasteiger partial charge in [-0.2, -0.15) is 13.2 Å². The van der Waals surface area contributed by atoms with Crippen molar-refractivity contribution in [3.63, 3.8) is 0 Å². The van der Waals surface area contributed by atoms with Crippen molar-refractivity contribution < 1.29 is 31.1 Å². The molecule has 0 bridgehead atoms. The smallest absolute Gasteiger partial charge is 0.417 e. The number of halogens is 4. The summed E-state index contributed by atoms with van der Waals surface area (Å²) in [6.07, 6.45) is -2.76. The lowest BCUT2D eigenvalue weighted by Crippen LogP contribution is -2.49. The Morgan fingerprint density at radius 2 is 1.71 bits per heavy atom. The lowest BCUT2D eigenvalue weighted by Gasteiger charge is -2.36. The molecule has 1 aromatic heterocycles. The van der Waals surface area contributed by atoms with E-state index in [2.05, 4.69) is 4.98 Å². The van der Waals surface area contributed by atoms with Crippen molar-refractivity contribution in [1.29, 1.82) is 0 Å². The molecule has 3 rings (SSSR count). The number of nitrogens with zero attached hydrogens (tertiary/aromatic N) is 3. The molecule has 1 fully saturated rings. The molecule has 0 saturated carbocycles. The first kappa shape index (κ1) is 26.1. The molecule has 12 heteroatoms. The molecular weight excluding hydrogens is 495 g/mol. The number of carbonyl (C=O) groups is 1. The van der Waals surface area contributed by atoms with Crippen molar-refractivity contribution in [2.24, 2.45) is 0 Å². The van der Waals surface area contributed by atoms with Gasteiger partial charge in [0.25, 0.3) is 5.91 Å². The van der Waals surface area contributed by atoms with Gasteiger partial charge in [-0.15, -0.1) is 0 Å². The minimum atomic E-state index is -4.55. The summed E-state index contributed by atoms with van der Waals surface area (Å²) in [5.41, 5.74) is -1.44. The van der Waals surface area contributed by atoms with E-state index in [1.165, 1.54) is 23.1 Å². The van der Waals surface area contributed by atoms with Gasteiger partial charge in [0, 0.05) is 38.6 Å². The zero-order valence-corrected chi connectivity index (χ0v) is 20.7. The fourth-order valence-electron chi connectivity index (χ4n) is 3.44. The van der Waals surface area contributed by atoms with Crippen LogP contribution in [0.1, 0.15) is 36.7 Å². The van der Waals surface area contributed by atoms with Crippen molar-refractivity contribution in [2.45, 2.75) is 37.4 Å². The molecule has 1 aromatic carbocycles. The highest BCUT2D eigenvalue weighted by molar-refractivity contribution is 7.90. The predicted molar refractivity (Wildman–Crippen MR) is 122 cm³/mol. The van der Waals surface area contributed by atoms with Gasteiger partial charge in [-0.1, -0.05) is 11.6 Å². The molecule has 2 heterocycles. The molecule has 0 spiro atoms. The first-order valence-electron chi connectivity index (χ1n) is 10.4. The standard InChI is InChI=1S/C22H25ClF3N3O4S/c1-21(2,3)33-18-6-5-15(34(4,31)32)12-16(18)20(30)29-9-7-28(8-10-29)19-17(23)11-14(13-27-19)22(24,25)26/h5-6,11-13H,7-10H2,1-4H3. The number of anilines is 1. The Labute approximate surface area is 201 Å². The van der Waals surface area contributed by atoms with Gasteiger partial charge < -0.3 is 14.5 Å². The molecule has 0 aliphatic carbocycles. The summed E-state index contributed by atoms with van der Waals surface area (Å²) in [7, 11) is -3.55. The predicted octanol–water partition coefficient (Wildman–Crippen LogP) is 4.30. The maximum Gasteiger partial charge on any atom is 0.417 e. The monoisotopic (exact) mass is 519 g/mol. The first-order chi connectivity index (χ1) is 15.6. The van der Waals surface area contributed by atoms with Gasteiger partial charge in [-0.3, -0.25) is 4.79 Å². The normalized spacial score (nSPS) is 15.4. The van der Waals surface area contributed by atoms with Crippen LogP contribution in [-0.4, -0.2) is 62.2 Å². The fraction of sp³-hybridized carbons (Fsp3) is 0.455. The maximum absolute atomic E-state index is 13.3. The Bertz CT molecular complexity index is 1190. The molecule has 1 aliphatic heterocycles. The number of hydrogen-bond acceptors (Lipinski definition) is 6. The third-order valence-electron chi connectivity index (χ3n) is 5.04. The number of carbonyl (C=O) groups excluding carboxylic acids is 1. The number of aromatic nitrogens is 1. The lowest BCUT2D eigenvalue weighted by atomic mass is 10.1. The van der Waals surface area contributed by atoms with Crippen LogP contribution >= 0.6 is 11.6 Å². The Morgan fingerprint density at radius 3 is 2.21 bits per heavy atom. The average Bonchev–Trinajstić information content (AvgIpc) is 2.71. The van der Waals surface area contributed by atoms with Crippen LogP contribution in [0.25, 0.3) is 0 Å².